The van der Waals surface area contributed by atoms with Crippen molar-refractivity contribution >= 4 is 0 Å². The zero-order valence-corrected chi connectivity index (χ0v) is 14.6. The molecule has 1 rings (SSSR count). The summed E-state index contributed by atoms with van der Waals surface area (Å²) >= 11 is 0. The van der Waals surface area contributed by atoms with E-state index in [0.29, 0.717) is 25.7 Å². The fourth-order valence-corrected chi connectivity index (χ4v) is 2.33. The van der Waals surface area contributed by atoms with Crippen LogP contribution in [0.4, 0.5) is 0 Å². The lowest BCUT2D eigenvalue weighted by Crippen LogP contribution is -2.29. The summed E-state index contributed by atoms with van der Waals surface area (Å²) in [7, 11) is 0. The highest BCUT2D eigenvalue weighted by Crippen LogP contribution is 2.14. The molecule has 0 aliphatic rings. The minimum absolute atomic E-state index is 0.00984. The van der Waals surface area contributed by atoms with E-state index in [4.69, 9.17) is 19.3 Å². The summed E-state index contributed by atoms with van der Waals surface area (Å²) in [5, 5.41) is 8.94. The Morgan fingerprint density at radius 1 is 1.04 bits per heavy atom. The monoisotopic (exact) mass is 324 g/mol. The van der Waals surface area contributed by atoms with Gasteiger partial charge in [0.25, 0.3) is 0 Å². The van der Waals surface area contributed by atoms with Crippen molar-refractivity contribution in [2.45, 2.75) is 45.6 Å². The molecule has 0 radical (unpaired) electrons. The van der Waals surface area contributed by atoms with Crippen LogP contribution in [-0.4, -0.2) is 44.2 Å². The van der Waals surface area contributed by atoms with Crippen molar-refractivity contribution in [1.29, 1.82) is 0 Å². The predicted molar refractivity (Wildman–Crippen MR) is 92.9 cm³/mol. The van der Waals surface area contributed by atoms with Crippen LogP contribution in [0.5, 0.6) is 5.75 Å². The number of ether oxygens (including phenoxy) is 3. The molecule has 0 fully saturated rings. The minimum atomic E-state index is -0.161. The lowest BCUT2D eigenvalue weighted by atomic mass is 10.0. The van der Waals surface area contributed by atoms with Crippen LogP contribution in [0.1, 0.15) is 39.5 Å². The number of para-hydroxylation sites is 1. The van der Waals surface area contributed by atoms with Gasteiger partial charge in [0, 0.05) is 6.61 Å². The molecular weight excluding hydrogens is 292 g/mol. The lowest BCUT2D eigenvalue weighted by Gasteiger charge is -2.20. The molecule has 1 aromatic carbocycles. The van der Waals surface area contributed by atoms with Gasteiger partial charge in [0.05, 0.1) is 19.8 Å². The van der Waals surface area contributed by atoms with Gasteiger partial charge in [-0.05, 0) is 24.5 Å². The molecule has 0 aliphatic carbocycles. The Labute approximate surface area is 140 Å². The summed E-state index contributed by atoms with van der Waals surface area (Å²) in [6.07, 6.45) is 4.68. The molecule has 132 valence electrons. The van der Waals surface area contributed by atoms with Crippen molar-refractivity contribution in [3.8, 4) is 5.75 Å². The molecule has 0 spiro atoms. The lowest BCUT2D eigenvalue weighted by molar-refractivity contribution is -0.0526. The first-order valence-electron chi connectivity index (χ1n) is 8.78. The quantitative estimate of drug-likeness (QED) is 0.567. The van der Waals surface area contributed by atoms with Crippen LogP contribution >= 0.6 is 0 Å². The molecule has 1 N–H and O–H groups in total. The van der Waals surface area contributed by atoms with Crippen LogP contribution in [0.3, 0.4) is 0 Å². The first-order chi connectivity index (χ1) is 11.3. The van der Waals surface area contributed by atoms with Gasteiger partial charge < -0.3 is 19.3 Å². The number of rotatable bonds is 14. The predicted octanol–water partition coefficient (Wildman–Crippen LogP) is 3.68. The number of aliphatic hydroxyl groups excluding tert-OH is 1. The van der Waals surface area contributed by atoms with E-state index in [1.165, 1.54) is 19.3 Å². The average Bonchev–Trinajstić information content (AvgIpc) is 2.60. The number of aliphatic hydroxyl groups is 1. The maximum absolute atomic E-state index is 8.94. The van der Waals surface area contributed by atoms with Crippen LogP contribution in [0.25, 0.3) is 0 Å². The average molecular weight is 324 g/mol. The van der Waals surface area contributed by atoms with Gasteiger partial charge in [0.2, 0.25) is 0 Å². The third kappa shape index (κ3) is 9.59. The standard InChI is InChI=1S/C19H32O4/c1-3-5-9-17(4-2)14-21-15-19(22-13-12-20)16-23-18-10-7-6-8-11-18/h6-8,10-11,17,19-20H,3-5,9,12-16H2,1-2H3. The Morgan fingerprint density at radius 3 is 2.48 bits per heavy atom. The van der Waals surface area contributed by atoms with Crippen molar-refractivity contribution in [2.24, 2.45) is 5.92 Å². The van der Waals surface area contributed by atoms with E-state index in [9.17, 15) is 0 Å². The van der Waals surface area contributed by atoms with E-state index in [1.54, 1.807) is 0 Å². The van der Waals surface area contributed by atoms with Gasteiger partial charge >= 0.3 is 0 Å². The summed E-state index contributed by atoms with van der Waals surface area (Å²) < 4.78 is 17.2. The summed E-state index contributed by atoms with van der Waals surface area (Å²) in [6.45, 7) is 6.43. The topological polar surface area (TPSA) is 47.9 Å². The van der Waals surface area contributed by atoms with Crippen molar-refractivity contribution < 1.29 is 19.3 Å². The normalized spacial score (nSPS) is 13.7. The molecule has 1 aromatic rings. The largest absolute Gasteiger partial charge is 0.491 e. The molecule has 0 saturated heterocycles. The van der Waals surface area contributed by atoms with E-state index in [0.717, 1.165) is 18.8 Å². The van der Waals surface area contributed by atoms with Crippen molar-refractivity contribution in [3.05, 3.63) is 30.3 Å². The maximum Gasteiger partial charge on any atom is 0.119 e. The van der Waals surface area contributed by atoms with Gasteiger partial charge in [-0.25, -0.2) is 0 Å². The van der Waals surface area contributed by atoms with E-state index >= 15 is 0 Å². The Hall–Kier alpha value is -1.10. The molecule has 0 saturated carbocycles. The number of benzene rings is 1. The fraction of sp³-hybridized carbons (Fsp3) is 0.684. The van der Waals surface area contributed by atoms with E-state index in [2.05, 4.69) is 13.8 Å². The van der Waals surface area contributed by atoms with Crippen LogP contribution in [0.15, 0.2) is 30.3 Å². The molecule has 23 heavy (non-hydrogen) atoms. The Morgan fingerprint density at radius 2 is 1.83 bits per heavy atom. The molecule has 0 bridgehead atoms. The van der Waals surface area contributed by atoms with Crippen LogP contribution < -0.4 is 4.74 Å². The summed E-state index contributed by atoms with van der Waals surface area (Å²) in [6, 6.07) is 9.67. The third-order valence-electron chi connectivity index (χ3n) is 3.82. The first-order valence-corrected chi connectivity index (χ1v) is 8.78. The summed E-state index contributed by atoms with van der Waals surface area (Å²) in [5.74, 6) is 1.43. The van der Waals surface area contributed by atoms with E-state index < -0.39 is 0 Å². The highest BCUT2D eigenvalue weighted by atomic mass is 16.6. The molecule has 4 heteroatoms. The highest BCUT2D eigenvalue weighted by Gasteiger charge is 2.13. The van der Waals surface area contributed by atoms with Gasteiger partial charge in [-0.15, -0.1) is 0 Å². The summed E-state index contributed by atoms with van der Waals surface area (Å²) in [5.41, 5.74) is 0. The molecule has 2 atom stereocenters. The first kappa shape index (κ1) is 19.9. The molecular formula is C19H32O4. The number of hydrogen-bond acceptors (Lipinski definition) is 4. The molecule has 0 aromatic heterocycles. The van der Waals surface area contributed by atoms with E-state index in [1.807, 2.05) is 30.3 Å². The zero-order chi connectivity index (χ0) is 16.8. The highest BCUT2D eigenvalue weighted by molar-refractivity contribution is 5.20. The second kappa shape index (κ2) is 13.3. The number of hydrogen-bond donors (Lipinski definition) is 1. The van der Waals surface area contributed by atoms with Crippen LogP contribution in [0, 0.1) is 5.92 Å². The molecule has 0 amide bonds. The minimum Gasteiger partial charge on any atom is -0.491 e. The molecule has 4 nitrogen and oxygen atoms in total. The number of unbranched alkanes of at least 4 members (excludes halogenated alkanes) is 1. The SMILES string of the molecule is CCCCC(CC)COCC(COc1ccccc1)OCCO. The van der Waals surface area contributed by atoms with E-state index in [-0.39, 0.29) is 12.7 Å². The zero-order valence-electron chi connectivity index (χ0n) is 14.6. The Bertz CT molecular complexity index is 369. The van der Waals surface area contributed by atoms with Gasteiger partial charge in [0.15, 0.2) is 0 Å². The van der Waals surface area contributed by atoms with Gasteiger partial charge in [-0.1, -0.05) is 51.3 Å². The fourth-order valence-electron chi connectivity index (χ4n) is 2.33. The van der Waals surface area contributed by atoms with Crippen molar-refractivity contribution in [2.75, 3.05) is 33.0 Å². The third-order valence-corrected chi connectivity index (χ3v) is 3.82. The molecule has 2 unspecified atom stereocenters. The summed E-state index contributed by atoms with van der Waals surface area (Å²) in [4.78, 5) is 0. The van der Waals surface area contributed by atoms with Gasteiger partial charge in [0.1, 0.15) is 18.5 Å². The second-order valence-electron chi connectivity index (χ2n) is 5.79. The van der Waals surface area contributed by atoms with Gasteiger partial charge in [-0.3, -0.25) is 0 Å². The van der Waals surface area contributed by atoms with Crippen molar-refractivity contribution in [3.63, 3.8) is 0 Å². The maximum atomic E-state index is 8.94. The molecule has 0 heterocycles. The Kier molecular flexibility index (Phi) is 11.6. The van der Waals surface area contributed by atoms with Crippen LogP contribution in [-0.2, 0) is 9.47 Å². The molecule has 0 aliphatic heterocycles. The second-order valence-corrected chi connectivity index (χ2v) is 5.79. The van der Waals surface area contributed by atoms with Crippen molar-refractivity contribution in [1.82, 2.24) is 0 Å². The van der Waals surface area contributed by atoms with Crippen LogP contribution in [0.2, 0.25) is 0 Å². The smallest absolute Gasteiger partial charge is 0.119 e. The Balaban J connectivity index is 2.32. The van der Waals surface area contributed by atoms with Gasteiger partial charge in [-0.2, -0.15) is 0 Å².